The van der Waals surface area contributed by atoms with Crippen molar-refractivity contribution in [2.24, 2.45) is 0 Å². The molecule has 8 heteroatoms. The largest absolute Gasteiger partial charge is 0.419 e. The fourth-order valence-corrected chi connectivity index (χ4v) is 4.32. The fraction of sp³-hybridized carbons (Fsp3) is 0.320. The lowest BCUT2D eigenvalue weighted by atomic mass is 10.0. The summed E-state index contributed by atoms with van der Waals surface area (Å²) in [6.45, 7) is 5.30. The Labute approximate surface area is 191 Å². The van der Waals surface area contributed by atoms with Crippen molar-refractivity contribution in [3.63, 3.8) is 0 Å². The molecule has 3 aromatic rings. The van der Waals surface area contributed by atoms with Crippen LogP contribution in [-0.2, 0) is 4.79 Å². The van der Waals surface area contributed by atoms with Crippen molar-refractivity contribution >= 4 is 23.4 Å². The molecule has 1 atom stereocenters. The van der Waals surface area contributed by atoms with Gasteiger partial charge in [0.25, 0.3) is 0 Å². The lowest BCUT2D eigenvalue weighted by molar-refractivity contribution is -0.117. The summed E-state index contributed by atoms with van der Waals surface area (Å²) >= 11 is 0. The molecular formula is C25H25FN4O3. The topological polar surface area (TPSA) is 67.7 Å². The number of fused-ring (bicyclic) bond motifs is 1. The predicted octanol–water partition coefficient (Wildman–Crippen LogP) is 5.09. The number of nitrogens with zero attached hydrogens (tertiary/aromatic N) is 4. The second kappa shape index (κ2) is 8.03. The highest BCUT2D eigenvalue weighted by Gasteiger charge is 2.35. The second-order valence-corrected chi connectivity index (χ2v) is 8.77. The Morgan fingerprint density at radius 3 is 2.58 bits per heavy atom. The zero-order chi connectivity index (χ0) is 23.3. The number of carbonyl (C=O) groups excluding carboxylic acids is 2. The van der Waals surface area contributed by atoms with Crippen LogP contribution < -0.4 is 14.5 Å². The highest BCUT2D eigenvalue weighted by molar-refractivity contribution is 6.03. The Kier molecular flexibility index (Phi) is 5.15. The highest BCUT2D eigenvalue weighted by atomic mass is 19.1. The van der Waals surface area contributed by atoms with Gasteiger partial charge in [0.15, 0.2) is 0 Å². The van der Waals surface area contributed by atoms with Gasteiger partial charge in [-0.15, -0.1) is 0 Å². The summed E-state index contributed by atoms with van der Waals surface area (Å²) in [6, 6.07) is 10.1. The number of halogens is 1. The van der Waals surface area contributed by atoms with E-state index in [0.717, 1.165) is 24.0 Å². The standard InChI is InChI=1S/C25H25FN4O3/c1-15-10-21(7-8-22(15)26)33-25(32)28-13-16(2)30(17(3)31)23-9-4-18(11-24(23)28)19-12-27-29(14-19)20-5-6-20/h4,7-12,14,16,20H,5-6,13H2,1-3H3. The summed E-state index contributed by atoms with van der Waals surface area (Å²) in [5.74, 6) is -0.190. The molecule has 1 fully saturated rings. The number of ether oxygens (including phenoxy) is 1. The molecule has 1 aliphatic heterocycles. The summed E-state index contributed by atoms with van der Waals surface area (Å²) in [5.41, 5.74) is 3.47. The van der Waals surface area contributed by atoms with Crippen LogP contribution in [0, 0.1) is 12.7 Å². The first-order valence-electron chi connectivity index (χ1n) is 11.1. The van der Waals surface area contributed by atoms with Gasteiger partial charge < -0.3 is 9.64 Å². The SMILES string of the molecule is CC(=O)N1c2ccc(-c3cnn(C4CC4)c3)cc2N(C(=O)Oc2ccc(F)c(C)c2)CC1C. The van der Waals surface area contributed by atoms with E-state index in [1.807, 2.05) is 42.2 Å². The third-order valence-electron chi connectivity index (χ3n) is 6.16. The number of hydrogen-bond donors (Lipinski definition) is 0. The van der Waals surface area contributed by atoms with E-state index >= 15 is 0 Å². The van der Waals surface area contributed by atoms with E-state index in [-0.39, 0.29) is 30.1 Å². The van der Waals surface area contributed by atoms with E-state index < -0.39 is 6.09 Å². The van der Waals surface area contributed by atoms with Crippen LogP contribution in [0.4, 0.5) is 20.6 Å². The molecule has 1 unspecified atom stereocenters. The second-order valence-electron chi connectivity index (χ2n) is 8.77. The molecule has 2 heterocycles. The van der Waals surface area contributed by atoms with Crippen molar-refractivity contribution in [3.8, 4) is 16.9 Å². The van der Waals surface area contributed by atoms with Gasteiger partial charge >= 0.3 is 6.09 Å². The molecule has 0 bridgehead atoms. The lowest BCUT2D eigenvalue weighted by Crippen LogP contribution is -2.52. The van der Waals surface area contributed by atoms with Crippen LogP contribution in [0.3, 0.4) is 0 Å². The molecule has 0 N–H and O–H groups in total. The zero-order valence-electron chi connectivity index (χ0n) is 18.8. The molecule has 170 valence electrons. The number of rotatable bonds is 3. The van der Waals surface area contributed by atoms with Crippen LogP contribution >= 0.6 is 0 Å². The van der Waals surface area contributed by atoms with Crippen molar-refractivity contribution in [1.29, 1.82) is 0 Å². The average molecular weight is 448 g/mol. The fourth-order valence-electron chi connectivity index (χ4n) is 4.32. The highest BCUT2D eigenvalue weighted by Crippen LogP contribution is 2.40. The van der Waals surface area contributed by atoms with Crippen LogP contribution in [-0.4, -0.2) is 34.4 Å². The first-order chi connectivity index (χ1) is 15.8. The minimum absolute atomic E-state index is 0.0970. The molecule has 33 heavy (non-hydrogen) atoms. The number of amides is 2. The van der Waals surface area contributed by atoms with E-state index in [1.54, 1.807) is 11.8 Å². The van der Waals surface area contributed by atoms with Crippen molar-refractivity contribution in [3.05, 3.63) is 60.2 Å². The van der Waals surface area contributed by atoms with Crippen LogP contribution in [0.2, 0.25) is 0 Å². The van der Waals surface area contributed by atoms with Gasteiger partial charge in [0.05, 0.1) is 29.7 Å². The molecule has 1 aliphatic carbocycles. The minimum Gasteiger partial charge on any atom is -0.410 e. The van der Waals surface area contributed by atoms with Gasteiger partial charge in [-0.25, -0.2) is 9.18 Å². The number of carbonyl (C=O) groups is 2. The molecular weight excluding hydrogens is 423 g/mol. The Morgan fingerprint density at radius 2 is 1.88 bits per heavy atom. The van der Waals surface area contributed by atoms with Crippen molar-refractivity contribution in [1.82, 2.24) is 9.78 Å². The van der Waals surface area contributed by atoms with Gasteiger partial charge in [0.2, 0.25) is 5.91 Å². The number of benzene rings is 2. The number of aryl methyl sites for hydroxylation is 1. The van der Waals surface area contributed by atoms with Gasteiger partial charge in [-0.2, -0.15) is 5.10 Å². The molecule has 1 saturated carbocycles. The molecule has 0 saturated heterocycles. The third kappa shape index (κ3) is 3.97. The predicted molar refractivity (Wildman–Crippen MR) is 123 cm³/mol. The smallest absolute Gasteiger partial charge is 0.410 e. The van der Waals surface area contributed by atoms with Gasteiger partial charge in [0, 0.05) is 25.2 Å². The first kappa shape index (κ1) is 21.2. The van der Waals surface area contributed by atoms with Crippen molar-refractivity contribution < 1.29 is 18.7 Å². The Bertz CT molecular complexity index is 1250. The zero-order valence-corrected chi connectivity index (χ0v) is 18.8. The monoisotopic (exact) mass is 448 g/mol. The lowest BCUT2D eigenvalue weighted by Gasteiger charge is -2.40. The van der Waals surface area contributed by atoms with Crippen LogP contribution in [0.5, 0.6) is 5.75 Å². The third-order valence-corrected chi connectivity index (χ3v) is 6.16. The molecule has 2 amide bonds. The molecule has 0 radical (unpaired) electrons. The summed E-state index contributed by atoms with van der Waals surface area (Å²) in [4.78, 5) is 28.8. The van der Waals surface area contributed by atoms with E-state index in [1.165, 1.54) is 30.0 Å². The number of aromatic nitrogens is 2. The molecule has 2 aromatic carbocycles. The van der Waals surface area contributed by atoms with Crippen LogP contribution in [0.15, 0.2) is 48.8 Å². The summed E-state index contributed by atoms with van der Waals surface area (Å²) in [6.07, 6.45) is 5.52. The van der Waals surface area contributed by atoms with Gasteiger partial charge in [0.1, 0.15) is 11.6 Å². The van der Waals surface area contributed by atoms with E-state index in [0.29, 0.717) is 23.0 Å². The molecule has 0 spiro atoms. The Balaban J connectivity index is 1.51. The molecule has 2 aliphatic rings. The van der Waals surface area contributed by atoms with Crippen LogP contribution in [0.1, 0.15) is 38.3 Å². The Morgan fingerprint density at radius 1 is 1.09 bits per heavy atom. The maximum Gasteiger partial charge on any atom is 0.419 e. The maximum atomic E-state index is 13.6. The quantitative estimate of drug-likeness (QED) is 0.560. The minimum atomic E-state index is -0.580. The van der Waals surface area contributed by atoms with Crippen LogP contribution in [0.25, 0.3) is 11.1 Å². The van der Waals surface area contributed by atoms with E-state index in [4.69, 9.17) is 4.74 Å². The maximum absolute atomic E-state index is 13.6. The summed E-state index contributed by atoms with van der Waals surface area (Å²) in [5, 5.41) is 4.46. The Hall–Kier alpha value is -3.68. The van der Waals surface area contributed by atoms with Crippen molar-refractivity contribution in [2.75, 3.05) is 16.3 Å². The summed E-state index contributed by atoms with van der Waals surface area (Å²) < 4.78 is 21.2. The first-order valence-corrected chi connectivity index (χ1v) is 11.1. The molecule has 1 aromatic heterocycles. The summed E-state index contributed by atoms with van der Waals surface area (Å²) in [7, 11) is 0. The average Bonchev–Trinajstić information content (AvgIpc) is 3.51. The number of hydrogen-bond acceptors (Lipinski definition) is 4. The van der Waals surface area contributed by atoms with Crippen molar-refractivity contribution in [2.45, 2.75) is 45.7 Å². The van der Waals surface area contributed by atoms with Gasteiger partial charge in [-0.05, 0) is 68.1 Å². The molecule has 7 nitrogen and oxygen atoms in total. The van der Waals surface area contributed by atoms with E-state index in [9.17, 15) is 14.0 Å². The number of anilines is 2. The van der Waals surface area contributed by atoms with E-state index in [2.05, 4.69) is 5.10 Å². The van der Waals surface area contributed by atoms with Gasteiger partial charge in [-0.3, -0.25) is 14.4 Å². The normalized spacial score (nSPS) is 17.6. The van der Waals surface area contributed by atoms with Gasteiger partial charge in [-0.1, -0.05) is 6.07 Å². The molecule has 5 rings (SSSR count).